The number of carbonyl (C=O) groups excluding carboxylic acids is 2. The van der Waals surface area contributed by atoms with E-state index in [1.165, 1.54) is 0 Å². The summed E-state index contributed by atoms with van der Waals surface area (Å²) in [6.45, 7) is 1.29. The van der Waals surface area contributed by atoms with Crippen molar-refractivity contribution in [2.75, 3.05) is 6.61 Å². The first-order valence-corrected chi connectivity index (χ1v) is 9.32. The lowest BCUT2D eigenvalue weighted by Gasteiger charge is -2.22. The minimum atomic E-state index is -0.907. The Hall–Kier alpha value is -3.39. The first-order valence-electron chi connectivity index (χ1n) is 9.32. The van der Waals surface area contributed by atoms with Crippen LogP contribution in [0.5, 0.6) is 0 Å². The zero-order valence-corrected chi connectivity index (χ0v) is 15.6. The lowest BCUT2D eigenvalue weighted by molar-refractivity contribution is -0.125. The maximum Gasteiger partial charge on any atom is 0.339 e. The van der Waals surface area contributed by atoms with Crippen LogP contribution in [-0.4, -0.2) is 24.0 Å². The number of hydrogen-bond acceptors (Lipinski definition) is 4. The highest BCUT2D eigenvalue weighted by molar-refractivity contribution is 6.16. The van der Waals surface area contributed by atoms with Gasteiger partial charge in [-0.1, -0.05) is 48.5 Å². The molecule has 0 aliphatic heterocycles. The van der Waals surface area contributed by atoms with Crippen molar-refractivity contribution < 1.29 is 14.3 Å². The van der Waals surface area contributed by atoms with Crippen LogP contribution in [0.4, 0.5) is 0 Å². The molecule has 1 saturated carbocycles. The summed E-state index contributed by atoms with van der Waals surface area (Å²) in [5.74, 6) is -0.846. The molecule has 1 amide bonds. The van der Waals surface area contributed by atoms with Gasteiger partial charge in [0.15, 0.2) is 6.61 Å². The first-order chi connectivity index (χ1) is 13.5. The van der Waals surface area contributed by atoms with Crippen molar-refractivity contribution >= 4 is 33.4 Å². The van der Waals surface area contributed by atoms with Crippen LogP contribution in [0.2, 0.25) is 0 Å². The number of carbonyl (C=O) groups is 2. The minimum absolute atomic E-state index is 0.166. The van der Waals surface area contributed by atoms with Crippen LogP contribution < -0.4 is 5.32 Å². The monoisotopic (exact) mass is 372 g/mol. The van der Waals surface area contributed by atoms with Crippen LogP contribution in [0.1, 0.15) is 30.1 Å². The number of fused-ring (bicyclic) bond motifs is 2. The molecule has 0 aromatic heterocycles. The van der Waals surface area contributed by atoms with Gasteiger partial charge < -0.3 is 10.1 Å². The predicted molar refractivity (Wildman–Crippen MR) is 107 cm³/mol. The van der Waals surface area contributed by atoms with E-state index in [-0.39, 0.29) is 5.92 Å². The van der Waals surface area contributed by atoms with E-state index in [0.717, 1.165) is 34.4 Å². The maximum absolute atomic E-state index is 12.9. The molecule has 5 nitrogen and oxygen atoms in total. The van der Waals surface area contributed by atoms with Crippen molar-refractivity contribution in [2.45, 2.75) is 25.3 Å². The Balaban J connectivity index is 1.58. The second kappa shape index (κ2) is 6.97. The highest BCUT2D eigenvalue weighted by atomic mass is 16.5. The average Bonchev–Trinajstić information content (AvgIpc) is 3.56. The Morgan fingerprint density at radius 1 is 1.11 bits per heavy atom. The summed E-state index contributed by atoms with van der Waals surface area (Å²) >= 11 is 0. The zero-order valence-electron chi connectivity index (χ0n) is 15.6. The second-order valence-corrected chi connectivity index (χ2v) is 7.41. The third kappa shape index (κ3) is 3.29. The van der Waals surface area contributed by atoms with Gasteiger partial charge in [-0.3, -0.25) is 4.79 Å². The number of nitrogens with one attached hydrogen (secondary N) is 1. The van der Waals surface area contributed by atoms with Crippen molar-refractivity contribution in [3.05, 3.63) is 60.2 Å². The van der Waals surface area contributed by atoms with Crippen molar-refractivity contribution in [2.24, 2.45) is 5.92 Å². The van der Waals surface area contributed by atoms with Gasteiger partial charge in [0, 0.05) is 0 Å². The van der Waals surface area contributed by atoms with Crippen molar-refractivity contribution in [3.63, 3.8) is 0 Å². The smallest absolute Gasteiger partial charge is 0.339 e. The van der Waals surface area contributed by atoms with Crippen LogP contribution in [0, 0.1) is 17.2 Å². The summed E-state index contributed by atoms with van der Waals surface area (Å²) in [5, 5.41) is 15.5. The highest BCUT2D eigenvalue weighted by Gasteiger charge is 2.43. The van der Waals surface area contributed by atoms with E-state index >= 15 is 0 Å². The fraction of sp³-hybridized carbons (Fsp3) is 0.261. The molecule has 3 aromatic rings. The van der Waals surface area contributed by atoms with E-state index < -0.39 is 24.0 Å². The molecule has 1 N–H and O–H groups in total. The third-order valence-corrected chi connectivity index (χ3v) is 5.33. The zero-order chi connectivity index (χ0) is 19.7. The molecule has 28 heavy (non-hydrogen) atoms. The predicted octanol–water partition coefficient (Wildman–Crippen LogP) is 3.96. The van der Waals surface area contributed by atoms with Gasteiger partial charge in [0.2, 0.25) is 0 Å². The number of esters is 1. The molecule has 0 bridgehead atoms. The summed E-state index contributed by atoms with van der Waals surface area (Å²) < 4.78 is 5.34. The molecule has 140 valence electrons. The molecule has 0 heterocycles. The lowest BCUT2D eigenvalue weighted by atomic mass is 9.97. The average molecular weight is 372 g/mol. The lowest BCUT2D eigenvalue weighted by Crippen LogP contribution is -2.48. The Kier molecular flexibility index (Phi) is 4.48. The van der Waals surface area contributed by atoms with E-state index in [0.29, 0.717) is 5.56 Å². The molecule has 5 heteroatoms. The normalized spacial score (nSPS) is 15.6. The van der Waals surface area contributed by atoms with Gasteiger partial charge in [0.05, 0.1) is 11.6 Å². The van der Waals surface area contributed by atoms with E-state index in [4.69, 9.17) is 4.74 Å². The Labute approximate surface area is 162 Å². The number of amides is 1. The molecule has 0 saturated heterocycles. The number of benzene rings is 3. The van der Waals surface area contributed by atoms with Gasteiger partial charge >= 0.3 is 5.97 Å². The summed E-state index contributed by atoms with van der Waals surface area (Å²) in [5.41, 5.74) is -0.456. The van der Waals surface area contributed by atoms with Gasteiger partial charge in [-0.05, 0) is 53.3 Å². The Morgan fingerprint density at radius 2 is 1.68 bits per heavy atom. The van der Waals surface area contributed by atoms with Gasteiger partial charge in [-0.2, -0.15) is 5.26 Å². The van der Waals surface area contributed by atoms with E-state index in [9.17, 15) is 14.9 Å². The minimum Gasteiger partial charge on any atom is -0.452 e. The summed E-state index contributed by atoms with van der Waals surface area (Å²) in [6.07, 6.45) is 1.85. The molecular weight excluding hydrogens is 352 g/mol. The SMILES string of the molecule is C[C@](C#N)(NC(=O)COC(=O)c1c2ccccc2cc2ccccc12)C1CC1. The number of ether oxygens (including phenoxy) is 1. The van der Waals surface area contributed by atoms with E-state index in [2.05, 4.69) is 11.4 Å². The maximum atomic E-state index is 12.9. The number of nitrogens with zero attached hydrogens (tertiary/aromatic N) is 1. The molecule has 0 radical (unpaired) electrons. The van der Waals surface area contributed by atoms with Gasteiger partial charge in [0.25, 0.3) is 5.91 Å². The van der Waals surface area contributed by atoms with Crippen LogP contribution >= 0.6 is 0 Å². The van der Waals surface area contributed by atoms with Gasteiger partial charge in [-0.15, -0.1) is 0 Å². The quantitative estimate of drug-likeness (QED) is 0.543. The molecule has 0 spiro atoms. The molecule has 1 aliphatic carbocycles. The van der Waals surface area contributed by atoms with Crippen LogP contribution in [-0.2, 0) is 9.53 Å². The molecule has 1 atom stereocenters. The summed E-state index contributed by atoms with van der Waals surface area (Å²) in [4.78, 5) is 25.2. The molecule has 1 aliphatic rings. The van der Waals surface area contributed by atoms with Gasteiger partial charge in [-0.25, -0.2) is 4.79 Å². The fourth-order valence-electron chi connectivity index (χ4n) is 3.64. The first kappa shape index (κ1) is 18.0. The van der Waals surface area contributed by atoms with Crippen LogP contribution in [0.25, 0.3) is 21.5 Å². The Bertz CT molecular complexity index is 1070. The van der Waals surface area contributed by atoms with Crippen LogP contribution in [0.15, 0.2) is 54.6 Å². The highest BCUT2D eigenvalue weighted by Crippen LogP contribution is 2.39. The molecule has 1 fully saturated rings. The molecule has 3 aromatic carbocycles. The molecule has 4 rings (SSSR count). The Morgan fingerprint density at radius 3 is 2.21 bits per heavy atom. The topological polar surface area (TPSA) is 79.2 Å². The summed E-state index contributed by atoms with van der Waals surface area (Å²) in [7, 11) is 0. The van der Waals surface area contributed by atoms with Crippen molar-refractivity contribution in [1.82, 2.24) is 5.32 Å². The van der Waals surface area contributed by atoms with E-state index in [1.54, 1.807) is 6.92 Å². The number of hydrogen-bond donors (Lipinski definition) is 1. The standard InChI is InChI=1S/C23H20N2O3/c1-23(14-24,17-10-11-17)25-20(26)13-28-22(27)21-18-8-4-2-6-15(18)12-16-7-3-5-9-19(16)21/h2-9,12,17H,10-11,13H2,1H3,(H,25,26)/t23-/m1/s1. The van der Waals surface area contributed by atoms with Crippen molar-refractivity contribution in [3.8, 4) is 6.07 Å². The largest absolute Gasteiger partial charge is 0.452 e. The summed E-state index contributed by atoms with van der Waals surface area (Å²) in [6, 6.07) is 19.4. The van der Waals surface area contributed by atoms with Crippen LogP contribution in [0.3, 0.4) is 0 Å². The van der Waals surface area contributed by atoms with Crippen molar-refractivity contribution in [1.29, 1.82) is 5.26 Å². The molecular formula is C23H20N2O3. The third-order valence-electron chi connectivity index (χ3n) is 5.33. The molecule has 0 unspecified atom stereocenters. The second-order valence-electron chi connectivity index (χ2n) is 7.41. The number of rotatable bonds is 5. The fourth-order valence-corrected chi connectivity index (χ4v) is 3.64. The number of nitriles is 1. The van der Waals surface area contributed by atoms with Gasteiger partial charge in [0.1, 0.15) is 5.54 Å². The van der Waals surface area contributed by atoms with E-state index in [1.807, 2.05) is 54.6 Å².